The summed E-state index contributed by atoms with van der Waals surface area (Å²) < 4.78 is 11.5. The monoisotopic (exact) mass is 405 g/mol. The Kier molecular flexibility index (Phi) is 6.30. The average molecular weight is 406 g/mol. The number of nitro groups is 1. The third kappa shape index (κ3) is 4.67. The molecular formula is C18H16BrNO5. The van der Waals surface area contributed by atoms with Crippen molar-refractivity contribution in [2.75, 3.05) is 13.7 Å². The topological polar surface area (TPSA) is 78.7 Å². The quantitative estimate of drug-likeness (QED) is 0.289. The van der Waals surface area contributed by atoms with E-state index in [2.05, 4.69) is 15.9 Å². The molecule has 0 aliphatic rings. The summed E-state index contributed by atoms with van der Waals surface area (Å²) in [6.45, 7) is 2.37. The number of ketones is 1. The van der Waals surface area contributed by atoms with Gasteiger partial charge < -0.3 is 9.47 Å². The Morgan fingerprint density at radius 2 is 2.08 bits per heavy atom. The lowest BCUT2D eigenvalue weighted by Gasteiger charge is -2.12. The Balaban J connectivity index is 2.26. The van der Waals surface area contributed by atoms with E-state index in [-0.39, 0.29) is 17.0 Å². The maximum atomic E-state index is 12.2. The summed E-state index contributed by atoms with van der Waals surface area (Å²) in [6.07, 6.45) is 2.98. The van der Waals surface area contributed by atoms with Crippen molar-refractivity contribution in [2.45, 2.75) is 6.92 Å². The van der Waals surface area contributed by atoms with Crippen LogP contribution in [0.25, 0.3) is 6.08 Å². The predicted octanol–water partition coefficient (Wildman–Crippen LogP) is 4.66. The Labute approximate surface area is 153 Å². The smallest absolute Gasteiger partial charge is 0.270 e. The molecule has 2 rings (SSSR count). The fourth-order valence-electron chi connectivity index (χ4n) is 2.16. The van der Waals surface area contributed by atoms with Gasteiger partial charge in [-0.3, -0.25) is 14.9 Å². The van der Waals surface area contributed by atoms with Crippen molar-refractivity contribution in [3.05, 3.63) is 68.2 Å². The normalized spacial score (nSPS) is 10.7. The van der Waals surface area contributed by atoms with E-state index < -0.39 is 4.92 Å². The highest BCUT2D eigenvalue weighted by Gasteiger charge is 2.12. The minimum Gasteiger partial charge on any atom is -0.493 e. The van der Waals surface area contributed by atoms with Gasteiger partial charge in [0.05, 0.1) is 23.1 Å². The molecule has 0 fully saturated rings. The molecule has 0 aliphatic heterocycles. The Hall–Kier alpha value is -2.67. The van der Waals surface area contributed by atoms with E-state index >= 15 is 0 Å². The van der Waals surface area contributed by atoms with E-state index in [1.54, 1.807) is 18.2 Å². The number of hydrogen-bond donors (Lipinski definition) is 0. The number of ether oxygens (including phenoxy) is 2. The van der Waals surface area contributed by atoms with Gasteiger partial charge in [0.2, 0.25) is 0 Å². The minimum absolute atomic E-state index is 0.121. The highest BCUT2D eigenvalue weighted by Crippen LogP contribution is 2.37. The van der Waals surface area contributed by atoms with Crippen molar-refractivity contribution in [1.29, 1.82) is 0 Å². The second kappa shape index (κ2) is 8.43. The Bertz CT molecular complexity index is 832. The van der Waals surface area contributed by atoms with Gasteiger partial charge in [0.15, 0.2) is 17.3 Å². The van der Waals surface area contributed by atoms with Crippen molar-refractivity contribution in [3.63, 3.8) is 0 Å². The Morgan fingerprint density at radius 3 is 2.72 bits per heavy atom. The van der Waals surface area contributed by atoms with Gasteiger partial charge in [-0.1, -0.05) is 18.2 Å². The van der Waals surface area contributed by atoms with Gasteiger partial charge in [-0.25, -0.2) is 0 Å². The van der Waals surface area contributed by atoms with Crippen LogP contribution in [0.5, 0.6) is 11.5 Å². The first-order valence-electron chi connectivity index (χ1n) is 7.43. The lowest BCUT2D eigenvalue weighted by molar-refractivity contribution is -0.384. The number of carbonyl (C=O) groups excluding carboxylic acids is 1. The van der Waals surface area contributed by atoms with Crippen LogP contribution in [0.3, 0.4) is 0 Å². The number of non-ortho nitro benzene ring substituents is 1. The molecular weight excluding hydrogens is 390 g/mol. The van der Waals surface area contributed by atoms with Crippen LogP contribution >= 0.6 is 15.9 Å². The molecule has 0 spiro atoms. The Morgan fingerprint density at radius 1 is 1.32 bits per heavy atom. The number of rotatable bonds is 7. The third-order valence-electron chi connectivity index (χ3n) is 3.31. The number of halogens is 1. The van der Waals surface area contributed by atoms with Crippen molar-refractivity contribution < 1.29 is 19.2 Å². The van der Waals surface area contributed by atoms with Crippen LogP contribution in [0.4, 0.5) is 5.69 Å². The molecule has 0 saturated carbocycles. The number of nitrogens with zero attached hydrogens (tertiary/aromatic N) is 1. The molecule has 0 unspecified atom stereocenters. The molecule has 7 heteroatoms. The zero-order valence-corrected chi connectivity index (χ0v) is 15.3. The molecule has 0 atom stereocenters. The molecule has 0 N–H and O–H groups in total. The number of allylic oxidation sites excluding steroid dienone is 1. The molecule has 0 bridgehead atoms. The highest BCUT2D eigenvalue weighted by atomic mass is 79.9. The lowest BCUT2D eigenvalue weighted by Crippen LogP contribution is -1.98. The van der Waals surface area contributed by atoms with Crippen LogP contribution in [-0.2, 0) is 0 Å². The molecule has 0 amide bonds. The molecule has 0 radical (unpaired) electrons. The first kappa shape index (κ1) is 18.7. The van der Waals surface area contributed by atoms with Gasteiger partial charge in [-0.2, -0.15) is 0 Å². The average Bonchev–Trinajstić information content (AvgIpc) is 2.61. The van der Waals surface area contributed by atoms with Gasteiger partial charge in [0.25, 0.3) is 5.69 Å². The van der Waals surface area contributed by atoms with Crippen molar-refractivity contribution >= 4 is 33.5 Å². The van der Waals surface area contributed by atoms with Gasteiger partial charge in [-0.05, 0) is 46.6 Å². The van der Waals surface area contributed by atoms with Crippen LogP contribution in [0, 0.1) is 10.1 Å². The lowest BCUT2D eigenvalue weighted by atomic mass is 10.1. The van der Waals surface area contributed by atoms with Crippen molar-refractivity contribution in [1.82, 2.24) is 0 Å². The summed E-state index contributed by atoms with van der Waals surface area (Å²) in [5, 5.41) is 10.8. The third-order valence-corrected chi connectivity index (χ3v) is 3.90. The van der Waals surface area contributed by atoms with Gasteiger partial charge in [-0.15, -0.1) is 0 Å². The zero-order valence-electron chi connectivity index (χ0n) is 13.7. The first-order valence-corrected chi connectivity index (χ1v) is 8.22. The summed E-state index contributed by atoms with van der Waals surface area (Å²) in [7, 11) is 1.53. The second-order valence-electron chi connectivity index (χ2n) is 4.97. The van der Waals surface area contributed by atoms with Crippen LogP contribution < -0.4 is 9.47 Å². The largest absolute Gasteiger partial charge is 0.493 e. The summed E-state index contributed by atoms with van der Waals surface area (Å²) >= 11 is 3.42. The molecule has 25 heavy (non-hydrogen) atoms. The molecule has 0 aliphatic carbocycles. The maximum Gasteiger partial charge on any atom is 0.270 e. The number of methoxy groups -OCH3 is 1. The zero-order chi connectivity index (χ0) is 18.4. The first-order chi connectivity index (χ1) is 12.0. The molecule has 2 aromatic rings. The highest BCUT2D eigenvalue weighted by molar-refractivity contribution is 9.10. The van der Waals surface area contributed by atoms with Gasteiger partial charge in [0.1, 0.15) is 0 Å². The second-order valence-corrected chi connectivity index (χ2v) is 5.83. The molecule has 0 aromatic heterocycles. The van der Waals surface area contributed by atoms with Crippen molar-refractivity contribution in [2.24, 2.45) is 0 Å². The summed E-state index contributed by atoms with van der Waals surface area (Å²) in [5.41, 5.74) is 0.859. The van der Waals surface area contributed by atoms with E-state index in [1.165, 1.54) is 37.5 Å². The van der Waals surface area contributed by atoms with E-state index in [4.69, 9.17) is 9.47 Å². The number of benzene rings is 2. The van der Waals surface area contributed by atoms with Crippen LogP contribution in [0.1, 0.15) is 22.8 Å². The molecule has 2 aromatic carbocycles. The SMILES string of the molecule is CCOc1c(Br)cc(/C=C/C(=O)c2cccc([N+](=O)[O-])c2)cc1OC. The molecule has 130 valence electrons. The molecule has 6 nitrogen and oxygen atoms in total. The summed E-state index contributed by atoms with van der Waals surface area (Å²) in [5.74, 6) is 0.804. The number of hydrogen-bond acceptors (Lipinski definition) is 5. The van der Waals surface area contributed by atoms with Gasteiger partial charge >= 0.3 is 0 Å². The van der Waals surface area contributed by atoms with Crippen LogP contribution in [0.2, 0.25) is 0 Å². The number of nitro benzene ring substituents is 1. The van der Waals surface area contributed by atoms with Gasteiger partial charge in [0, 0.05) is 17.7 Å². The molecule has 0 saturated heterocycles. The minimum atomic E-state index is -0.533. The van der Waals surface area contributed by atoms with E-state index in [0.717, 1.165) is 5.56 Å². The molecule has 0 heterocycles. The number of carbonyl (C=O) groups is 1. The fraction of sp³-hybridized carbons (Fsp3) is 0.167. The fourth-order valence-corrected chi connectivity index (χ4v) is 2.74. The van der Waals surface area contributed by atoms with E-state index in [1.807, 2.05) is 6.92 Å². The predicted molar refractivity (Wildman–Crippen MR) is 98.3 cm³/mol. The van der Waals surface area contributed by atoms with Crippen molar-refractivity contribution in [3.8, 4) is 11.5 Å². The summed E-state index contributed by atoms with van der Waals surface area (Å²) in [4.78, 5) is 22.5. The summed E-state index contributed by atoms with van der Waals surface area (Å²) in [6, 6.07) is 9.15. The van der Waals surface area contributed by atoms with Crippen LogP contribution in [0.15, 0.2) is 46.9 Å². The van der Waals surface area contributed by atoms with Crippen LogP contribution in [-0.4, -0.2) is 24.4 Å². The van der Waals surface area contributed by atoms with E-state index in [9.17, 15) is 14.9 Å². The standard InChI is InChI=1S/C18H16BrNO5/c1-3-25-18-15(19)9-12(10-17(18)24-2)7-8-16(21)13-5-4-6-14(11-13)20(22)23/h4-11H,3H2,1-2H3/b8-7+. The maximum absolute atomic E-state index is 12.2. The van der Waals surface area contributed by atoms with E-state index in [0.29, 0.717) is 22.6 Å².